The lowest BCUT2D eigenvalue weighted by Crippen LogP contribution is -2.26. The fraction of sp³-hybridized carbons (Fsp3) is 0.133. The van der Waals surface area contributed by atoms with Crippen LogP contribution in [0.25, 0.3) is 0 Å². The van der Waals surface area contributed by atoms with Crippen molar-refractivity contribution in [1.82, 2.24) is 4.90 Å². The third-order valence-electron chi connectivity index (χ3n) is 2.88. The van der Waals surface area contributed by atoms with Gasteiger partial charge in [0.15, 0.2) is 0 Å². The van der Waals surface area contributed by atoms with Gasteiger partial charge in [0.2, 0.25) is 0 Å². The molecule has 0 aliphatic carbocycles. The van der Waals surface area contributed by atoms with Crippen LogP contribution in [0, 0.1) is 0 Å². The van der Waals surface area contributed by atoms with Crippen LogP contribution in [-0.4, -0.2) is 23.0 Å². The Bertz CT molecular complexity index is 644. The molecular weight excluding hydrogens is 297 g/mol. The Morgan fingerprint density at radius 2 is 1.85 bits per heavy atom. The van der Waals surface area contributed by atoms with Gasteiger partial charge in [-0.05, 0) is 29.8 Å². The predicted octanol–water partition coefficient (Wildman–Crippen LogP) is 3.97. The first-order valence-electron chi connectivity index (χ1n) is 5.96. The highest BCUT2D eigenvalue weighted by atomic mass is 35.5. The first-order valence-corrected chi connectivity index (χ1v) is 6.72. The van der Waals surface area contributed by atoms with Crippen LogP contribution in [0.2, 0.25) is 10.0 Å². The van der Waals surface area contributed by atoms with E-state index in [0.717, 1.165) is 5.56 Å². The van der Waals surface area contributed by atoms with E-state index in [4.69, 9.17) is 23.2 Å². The zero-order chi connectivity index (χ0) is 14.7. The molecule has 0 radical (unpaired) electrons. The summed E-state index contributed by atoms with van der Waals surface area (Å²) in [4.78, 5) is 13.7. The second kappa shape index (κ2) is 6.16. The van der Waals surface area contributed by atoms with Gasteiger partial charge in [-0.3, -0.25) is 4.79 Å². The molecule has 0 unspecified atom stereocenters. The number of nitrogens with zero attached hydrogens (tertiary/aromatic N) is 1. The molecule has 0 bridgehead atoms. The molecule has 2 aromatic carbocycles. The average Bonchev–Trinajstić information content (AvgIpc) is 2.42. The van der Waals surface area contributed by atoms with Crippen molar-refractivity contribution in [1.29, 1.82) is 0 Å². The van der Waals surface area contributed by atoms with Gasteiger partial charge in [-0.25, -0.2) is 0 Å². The van der Waals surface area contributed by atoms with E-state index in [-0.39, 0.29) is 17.2 Å². The molecule has 1 N–H and O–H groups in total. The van der Waals surface area contributed by atoms with Crippen LogP contribution >= 0.6 is 23.2 Å². The summed E-state index contributed by atoms with van der Waals surface area (Å²) in [6.07, 6.45) is 0. The third kappa shape index (κ3) is 3.24. The van der Waals surface area contributed by atoms with Gasteiger partial charge >= 0.3 is 0 Å². The maximum atomic E-state index is 12.2. The quantitative estimate of drug-likeness (QED) is 0.932. The Balaban J connectivity index is 2.15. The highest BCUT2D eigenvalue weighted by Gasteiger charge is 2.15. The minimum absolute atomic E-state index is 0.0292. The highest BCUT2D eigenvalue weighted by Crippen LogP contribution is 2.24. The van der Waals surface area contributed by atoms with E-state index in [1.165, 1.54) is 11.0 Å². The normalized spacial score (nSPS) is 10.3. The molecule has 0 saturated heterocycles. The highest BCUT2D eigenvalue weighted by molar-refractivity contribution is 6.42. The van der Waals surface area contributed by atoms with E-state index in [9.17, 15) is 9.90 Å². The lowest BCUT2D eigenvalue weighted by atomic mass is 10.1. The minimum Gasteiger partial charge on any atom is -0.507 e. The number of halogens is 2. The van der Waals surface area contributed by atoms with Crippen molar-refractivity contribution < 1.29 is 9.90 Å². The Morgan fingerprint density at radius 3 is 2.50 bits per heavy atom. The molecule has 0 saturated carbocycles. The molecule has 0 fully saturated rings. The van der Waals surface area contributed by atoms with Crippen LogP contribution in [0.15, 0.2) is 42.5 Å². The number of phenolic OH excluding ortho intramolecular Hbond substituents is 1. The number of phenols is 1. The number of carbonyl (C=O) groups excluding carboxylic acids is 1. The smallest absolute Gasteiger partial charge is 0.257 e. The van der Waals surface area contributed by atoms with E-state index in [1.807, 2.05) is 6.07 Å². The molecule has 5 heteroatoms. The van der Waals surface area contributed by atoms with E-state index in [0.29, 0.717) is 16.6 Å². The number of aromatic hydroxyl groups is 1. The molecule has 0 aliphatic heterocycles. The van der Waals surface area contributed by atoms with E-state index in [1.54, 1.807) is 37.4 Å². The molecule has 0 aliphatic rings. The number of hydrogen-bond acceptors (Lipinski definition) is 2. The number of amides is 1. The summed E-state index contributed by atoms with van der Waals surface area (Å²) in [5.74, 6) is -0.285. The maximum absolute atomic E-state index is 12.2. The van der Waals surface area contributed by atoms with E-state index < -0.39 is 0 Å². The zero-order valence-electron chi connectivity index (χ0n) is 10.8. The number of carbonyl (C=O) groups is 1. The van der Waals surface area contributed by atoms with Crippen molar-refractivity contribution >= 4 is 29.1 Å². The Hall–Kier alpha value is -1.71. The third-order valence-corrected chi connectivity index (χ3v) is 3.62. The summed E-state index contributed by atoms with van der Waals surface area (Å²) in [6.45, 7) is 0.379. The van der Waals surface area contributed by atoms with Crippen LogP contribution in [0.4, 0.5) is 0 Å². The Morgan fingerprint density at radius 1 is 1.15 bits per heavy atom. The first kappa shape index (κ1) is 14.7. The molecule has 20 heavy (non-hydrogen) atoms. The molecular formula is C15H13Cl2NO2. The Labute approximate surface area is 127 Å². The average molecular weight is 310 g/mol. The summed E-state index contributed by atoms with van der Waals surface area (Å²) in [5, 5.41) is 10.6. The molecule has 0 atom stereocenters. The molecule has 1 amide bonds. The van der Waals surface area contributed by atoms with Gasteiger partial charge in [-0.15, -0.1) is 0 Å². The van der Waals surface area contributed by atoms with Gasteiger partial charge in [-0.1, -0.05) is 41.4 Å². The monoisotopic (exact) mass is 309 g/mol. The maximum Gasteiger partial charge on any atom is 0.257 e. The van der Waals surface area contributed by atoms with Gasteiger partial charge in [0, 0.05) is 13.6 Å². The lowest BCUT2D eigenvalue weighted by molar-refractivity contribution is 0.0782. The summed E-state index contributed by atoms with van der Waals surface area (Å²) < 4.78 is 0. The first-order chi connectivity index (χ1) is 9.49. The summed E-state index contributed by atoms with van der Waals surface area (Å²) in [5.41, 5.74) is 1.14. The number of para-hydroxylation sites is 1. The van der Waals surface area contributed by atoms with Crippen molar-refractivity contribution in [2.45, 2.75) is 6.54 Å². The van der Waals surface area contributed by atoms with Crippen LogP contribution < -0.4 is 0 Å². The fourth-order valence-corrected chi connectivity index (χ4v) is 2.16. The van der Waals surface area contributed by atoms with Crippen molar-refractivity contribution in [3.05, 3.63) is 63.6 Å². The van der Waals surface area contributed by atoms with Crippen LogP contribution in [0.5, 0.6) is 5.75 Å². The Kier molecular flexibility index (Phi) is 4.53. The largest absolute Gasteiger partial charge is 0.507 e. The predicted molar refractivity (Wildman–Crippen MR) is 80.4 cm³/mol. The second-order valence-electron chi connectivity index (χ2n) is 4.43. The minimum atomic E-state index is -0.255. The number of benzene rings is 2. The van der Waals surface area contributed by atoms with Gasteiger partial charge < -0.3 is 10.0 Å². The molecule has 0 spiro atoms. The second-order valence-corrected chi connectivity index (χ2v) is 5.24. The standard InChI is InChI=1S/C15H13Cl2NO2/c1-18(9-10-6-7-12(16)13(17)8-10)15(20)11-4-2-3-5-14(11)19/h2-8,19H,9H2,1H3. The van der Waals surface area contributed by atoms with Gasteiger partial charge in [0.1, 0.15) is 5.75 Å². The van der Waals surface area contributed by atoms with Crippen LogP contribution in [-0.2, 0) is 6.54 Å². The topological polar surface area (TPSA) is 40.5 Å². The van der Waals surface area contributed by atoms with E-state index >= 15 is 0 Å². The summed E-state index contributed by atoms with van der Waals surface area (Å²) in [6, 6.07) is 11.7. The molecule has 2 aromatic rings. The SMILES string of the molecule is CN(Cc1ccc(Cl)c(Cl)c1)C(=O)c1ccccc1O. The molecule has 3 nitrogen and oxygen atoms in total. The van der Waals surface area contributed by atoms with Crippen molar-refractivity contribution in [2.24, 2.45) is 0 Å². The van der Waals surface area contributed by atoms with Crippen molar-refractivity contribution in [3.8, 4) is 5.75 Å². The van der Waals surface area contributed by atoms with Gasteiger partial charge in [-0.2, -0.15) is 0 Å². The number of hydrogen-bond donors (Lipinski definition) is 1. The fourth-order valence-electron chi connectivity index (χ4n) is 1.84. The van der Waals surface area contributed by atoms with E-state index in [2.05, 4.69) is 0 Å². The van der Waals surface area contributed by atoms with Gasteiger partial charge in [0.05, 0.1) is 15.6 Å². The van der Waals surface area contributed by atoms with Crippen molar-refractivity contribution in [2.75, 3.05) is 7.05 Å². The number of rotatable bonds is 3. The van der Waals surface area contributed by atoms with Crippen LogP contribution in [0.1, 0.15) is 15.9 Å². The van der Waals surface area contributed by atoms with Crippen LogP contribution in [0.3, 0.4) is 0 Å². The molecule has 0 aromatic heterocycles. The molecule has 0 heterocycles. The lowest BCUT2D eigenvalue weighted by Gasteiger charge is -2.18. The summed E-state index contributed by atoms with van der Waals surface area (Å²) >= 11 is 11.8. The zero-order valence-corrected chi connectivity index (χ0v) is 12.3. The summed E-state index contributed by atoms with van der Waals surface area (Å²) in [7, 11) is 1.66. The van der Waals surface area contributed by atoms with Gasteiger partial charge in [0.25, 0.3) is 5.91 Å². The molecule has 104 valence electrons. The molecule has 2 rings (SSSR count). The van der Waals surface area contributed by atoms with Crippen molar-refractivity contribution in [3.63, 3.8) is 0 Å².